The molecule has 0 bridgehead atoms. The number of methoxy groups -OCH3 is 1. The number of thiazole rings is 1. The minimum absolute atomic E-state index is 0.284. The highest BCUT2D eigenvalue weighted by Crippen LogP contribution is 2.30. The minimum atomic E-state index is -0.344. The van der Waals surface area contributed by atoms with E-state index in [9.17, 15) is 4.79 Å². The predicted octanol–water partition coefficient (Wildman–Crippen LogP) is 4.05. The van der Waals surface area contributed by atoms with Gasteiger partial charge < -0.3 is 14.8 Å². The Balaban J connectivity index is 1.42. The van der Waals surface area contributed by atoms with Crippen LogP contribution in [0, 0.1) is 0 Å². The molecule has 0 aliphatic carbocycles. The molecule has 0 spiro atoms. The Hall–Kier alpha value is -3.85. The standard InChI is InChI=1S/C20H15N5O3S/c1-27-15-5-2-3-6-16(15)28-17-8-7-13(11-23-17)24-19(26)14-12-29-20(25-14)18-21-9-4-10-22-18/h2-12H,1H3,(H,24,26). The molecule has 1 N–H and O–H groups in total. The van der Waals surface area contributed by atoms with E-state index in [2.05, 4.69) is 25.3 Å². The van der Waals surface area contributed by atoms with Crippen molar-refractivity contribution in [1.29, 1.82) is 0 Å². The molecule has 144 valence electrons. The molecule has 9 heteroatoms. The number of anilines is 1. The van der Waals surface area contributed by atoms with E-state index >= 15 is 0 Å². The SMILES string of the molecule is COc1ccccc1Oc1ccc(NC(=O)c2csc(-c3ncccn3)n2)cn1. The number of hydrogen-bond donors (Lipinski definition) is 1. The molecule has 0 atom stereocenters. The number of carbonyl (C=O) groups excluding carboxylic acids is 1. The van der Waals surface area contributed by atoms with Crippen molar-refractivity contribution in [2.24, 2.45) is 0 Å². The minimum Gasteiger partial charge on any atom is -0.493 e. The molecular formula is C20H15N5O3S. The maximum absolute atomic E-state index is 12.4. The smallest absolute Gasteiger partial charge is 0.275 e. The van der Waals surface area contributed by atoms with Crippen LogP contribution in [0.25, 0.3) is 10.8 Å². The maximum Gasteiger partial charge on any atom is 0.275 e. The summed E-state index contributed by atoms with van der Waals surface area (Å²) in [6.45, 7) is 0. The molecule has 4 rings (SSSR count). The molecule has 0 saturated carbocycles. The number of carbonyl (C=O) groups is 1. The summed E-state index contributed by atoms with van der Waals surface area (Å²) in [5.74, 6) is 1.68. The molecular weight excluding hydrogens is 390 g/mol. The topological polar surface area (TPSA) is 99.1 Å². The summed E-state index contributed by atoms with van der Waals surface area (Å²) in [6.07, 6.45) is 4.77. The summed E-state index contributed by atoms with van der Waals surface area (Å²) in [4.78, 5) is 29.2. The highest BCUT2D eigenvalue weighted by atomic mass is 32.1. The number of ether oxygens (including phenoxy) is 2. The fourth-order valence-electron chi connectivity index (χ4n) is 2.42. The summed E-state index contributed by atoms with van der Waals surface area (Å²) in [7, 11) is 1.57. The number of benzene rings is 1. The zero-order valence-corrected chi connectivity index (χ0v) is 16.1. The van der Waals surface area contributed by atoms with Gasteiger partial charge in [-0.05, 0) is 24.3 Å². The molecule has 0 unspecified atom stereocenters. The third kappa shape index (κ3) is 4.36. The Morgan fingerprint density at radius 1 is 1.00 bits per heavy atom. The second-order valence-electron chi connectivity index (χ2n) is 5.70. The summed E-state index contributed by atoms with van der Waals surface area (Å²) in [5.41, 5.74) is 0.805. The summed E-state index contributed by atoms with van der Waals surface area (Å²) in [5, 5.41) is 5.00. The van der Waals surface area contributed by atoms with Gasteiger partial charge in [0.1, 0.15) is 5.69 Å². The third-order valence-electron chi connectivity index (χ3n) is 3.77. The number of nitrogens with zero attached hydrogens (tertiary/aromatic N) is 4. The average molecular weight is 405 g/mol. The first-order valence-corrected chi connectivity index (χ1v) is 9.42. The number of aromatic nitrogens is 4. The van der Waals surface area contributed by atoms with Gasteiger partial charge in [0, 0.05) is 23.8 Å². The molecule has 0 aliphatic heterocycles. The molecule has 0 radical (unpaired) electrons. The normalized spacial score (nSPS) is 10.4. The Labute approximate surface area is 170 Å². The molecule has 1 aromatic carbocycles. The number of nitrogens with one attached hydrogen (secondary N) is 1. The number of pyridine rings is 1. The summed E-state index contributed by atoms with van der Waals surface area (Å²) >= 11 is 1.30. The fourth-order valence-corrected chi connectivity index (χ4v) is 3.16. The molecule has 0 saturated heterocycles. The Kier molecular flexibility index (Phi) is 5.39. The van der Waals surface area contributed by atoms with Crippen LogP contribution in [0.1, 0.15) is 10.5 Å². The van der Waals surface area contributed by atoms with Gasteiger partial charge in [0.15, 0.2) is 22.3 Å². The van der Waals surface area contributed by atoms with Crippen LogP contribution >= 0.6 is 11.3 Å². The Morgan fingerprint density at radius 2 is 1.79 bits per heavy atom. The van der Waals surface area contributed by atoms with Crippen molar-refractivity contribution in [3.63, 3.8) is 0 Å². The van der Waals surface area contributed by atoms with Gasteiger partial charge in [-0.2, -0.15) is 0 Å². The number of hydrogen-bond acceptors (Lipinski definition) is 8. The van der Waals surface area contributed by atoms with Crippen molar-refractivity contribution in [1.82, 2.24) is 19.9 Å². The molecule has 0 fully saturated rings. The second kappa shape index (κ2) is 8.44. The summed E-state index contributed by atoms with van der Waals surface area (Å²) in [6, 6.07) is 12.4. The largest absolute Gasteiger partial charge is 0.493 e. The molecule has 8 nitrogen and oxygen atoms in total. The van der Waals surface area contributed by atoms with Crippen LogP contribution in [0.2, 0.25) is 0 Å². The van der Waals surface area contributed by atoms with Crippen molar-refractivity contribution in [2.75, 3.05) is 12.4 Å². The number of amides is 1. The lowest BCUT2D eigenvalue weighted by molar-refractivity contribution is 0.102. The van der Waals surface area contributed by atoms with E-state index in [0.717, 1.165) is 0 Å². The highest BCUT2D eigenvalue weighted by molar-refractivity contribution is 7.13. The summed E-state index contributed by atoms with van der Waals surface area (Å²) < 4.78 is 11.0. The van der Waals surface area contributed by atoms with E-state index in [1.807, 2.05) is 12.1 Å². The maximum atomic E-state index is 12.4. The molecule has 29 heavy (non-hydrogen) atoms. The van der Waals surface area contributed by atoms with E-state index in [-0.39, 0.29) is 11.6 Å². The number of rotatable bonds is 6. The van der Waals surface area contributed by atoms with Crippen LogP contribution in [0.15, 0.2) is 66.4 Å². The van der Waals surface area contributed by atoms with Crippen LogP contribution in [-0.2, 0) is 0 Å². The molecule has 3 heterocycles. The molecule has 4 aromatic rings. The van der Waals surface area contributed by atoms with Gasteiger partial charge >= 0.3 is 0 Å². The van der Waals surface area contributed by atoms with E-state index in [1.165, 1.54) is 17.5 Å². The Morgan fingerprint density at radius 3 is 2.52 bits per heavy atom. The van der Waals surface area contributed by atoms with Gasteiger partial charge in [-0.25, -0.2) is 19.9 Å². The first-order valence-electron chi connectivity index (χ1n) is 8.54. The highest BCUT2D eigenvalue weighted by Gasteiger charge is 2.14. The first kappa shape index (κ1) is 18.5. The van der Waals surface area contributed by atoms with Crippen LogP contribution in [0.4, 0.5) is 5.69 Å². The Bertz CT molecular complexity index is 1120. The molecule has 0 aliphatic rings. The van der Waals surface area contributed by atoms with E-state index < -0.39 is 0 Å². The second-order valence-corrected chi connectivity index (χ2v) is 6.56. The van der Waals surface area contributed by atoms with E-state index in [0.29, 0.717) is 33.9 Å². The van der Waals surface area contributed by atoms with Crippen LogP contribution in [0.5, 0.6) is 17.4 Å². The van der Waals surface area contributed by atoms with Crippen LogP contribution < -0.4 is 14.8 Å². The fraction of sp³-hybridized carbons (Fsp3) is 0.0500. The van der Waals surface area contributed by atoms with E-state index in [1.54, 1.807) is 55.2 Å². The van der Waals surface area contributed by atoms with Crippen molar-refractivity contribution in [3.8, 4) is 28.2 Å². The van der Waals surface area contributed by atoms with Gasteiger partial charge in [0.2, 0.25) is 5.88 Å². The van der Waals surface area contributed by atoms with Crippen molar-refractivity contribution >= 4 is 22.9 Å². The van der Waals surface area contributed by atoms with Gasteiger partial charge in [-0.15, -0.1) is 11.3 Å². The van der Waals surface area contributed by atoms with Crippen molar-refractivity contribution in [3.05, 3.63) is 72.1 Å². The lowest BCUT2D eigenvalue weighted by Crippen LogP contribution is -2.12. The zero-order chi connectivity index (χ0) is 20.1. The van der Waals surface area contributed by atoms with Crippen LogP contribution in [0.3, 0.4) is 0 Å². The van der Waals surface area contributed by atoms with E-state index in [4.69, 9.17) is 9.47 Å². The lowest BCUT2D eigenvalue weighted by atomic mass is 10.3. The average Bonchev–Trinajstić information content (AvgIpc) is 3.27. The molecule has 3 aromatic heterocycles. The van der Waals surface area contributed by atoms with Gasteiger partial charge in [-0.3, -0.25) is 4.79 Å². The molecule has 1 amide bonds. The lowest BCUT2D eigenvalue weighted by Gasteiger charge is -2.09. The predicted molar refractivity (Wildman–Crippen MR) is 108 cm³/mol. The van der Waals surface area contributed by atoms with Crippen molar-refractivity contribution < 1.29 is 14.3 Å². The first-order chi connectivity index (χ1) is 14.2. The quantitative estimate of drug-likeness (QED) is 0.517. The monoisotopic (exact) mass is 405 g/mol. The number of para-hydroxylation sites is 2. The third-order valence-corrected chi connectivity index (χ3v) is 4.61. The van der Waals surface area contributed by atoms with Gasteiger partial charge in [0.25, 0.3) is 5.91 Å². The van der Waals surface area contributed by atoms with Crippen molar-refractivity contribution in [2.45, 2.75) is 0 Å². The van der Waals surface area contributed by atoms with Gasteiger partial charge in [-0.1, -0.05) is 12.1 Å². The zero-order valence-electron chi connectivity index (χ0n) is 15.3. The van der Waals surface area contributed by atoms with Gasteiger partial charge in [0.05, 0.1) is 19.0 Å². The van der Waals surface area contributed by atoms with Crippen LogP contribution in [-0.4, -0.2) is 33.0 Å².